The molecule has 0 aromatic heterocycles. The van der Waals surface area contributed by atoms with Gasteiger partial charge in [0.05, 0.1) is 0 Å². The summed E-state index contributed by atoms with van der Waals surface area (Å²) in [6.07, 6.45) is 2.62. The normalized spacial score (nSPS) is 24.5. The first kappa shape index (κ1) is 17.4. The molecule has 1 amide bonds. The standard InChI is InChI=1S/C18H27N3O3/c1-20-10-12-21(13-11-20)17(15-7-3-2-4-8-15)18(22)19-24-16-9-5-6-14-23-16/h2-4,7-8,16-17H,5-6,9-14H2,1H3,(H,19,22)/t16-,17+/m0/s1. The van der Waals surface area contributed by atoms with Gasteiger partial charge in [-0.2, -0.15) is 0 Å². The molecule has 1 aromatic rings. The first-order valence-corrected chi connectivity index (χ1v) is 8.78. The fourth-order valence-electron chi connectivity index (χ4n) is 3.23. The first-order valence-electron chi connectivity index (χ1n) is 8.78. The number of piperazine rings is 1. The number of nitrogens with zero attached hydrogens (tertiary/aromatic N) is 2. The molecule has 0 bridgehead atoms. The van der Waals surface area contributed by atoms with Crippen molar-refractivity contribution in [1.29, 1.82) is 0 Å². The van der Waals surface area contributed by atoms with Crippen LogP contribution in [0.1, 0.15) is 30.9 Å². The van der Waals surface area contributed by atoms with Crippen LogP contribution in [0.25, 0.3) is 0 Å². The lowest BCUT2D eigenvalue weighted by Crippen LogP contribution is -2.50. The van der Waals surface area contributed by atoms with Gasteiger partial charge in [-0.05, 0) is 25.5 Å². The van der Waals surface area contributed by atoms with Gasteiger partial charge in [-0.25, -0.2) is 10.3 Å². The zero-order valence-electron chi connectivity index (χ0n) is 14.3. The minimum atomic E-state index is -0.330. The summed E-state index contributed by atoms with van der Waals surface area (Å²) in [6, 6.07) is 9.57. The Balaban J connectivity index is 1.65. The average molecular weight is 333 g/mol. The van der Waals surface area contributed by atoms with Crippen LogP contribution in [0.5, 0.6) is 0 Å². The Hall–Kier alpha value is -1.47. The van der Waals surface area contributed by atoms with Gasteiger partial charge >= 0.3 is 0 Å². The van der Waals surface area contributed by atoms with Crippen LogP contribution in [0.15, 0.2) is 30.3 Å². The maximum Gasteiger partial charge on any atom is 0.265 e. The van der Waals surface area contributed by atoms with E-state index in [9.17, 15) is 4.79 Å². The number of hydroxylamine groups is 1. The van der Waals surface area contributed by atoms with Gasteiger partial charge < -0.3 is 9.64 Å². The third kappa shape index (κ3) is 4.54. The predicted molar refractivity (Wildman–Crippen MR) is 91.1 cm³/mol. The number of likely N-dealkylation sites (N-methyl/N-ethyl adjacent to an activating group) is 1. The van der Waals surface area contributed by atoms with Gasteiger partial charge in [-0.3, -0.25) is 9.69 Å². The number of benzene rings is 1. The van der Waals surface area contributed by atoms with Crippen molar-refractivity contribution in [3.8, 4) is 0 Å². The lowest BCUT2D eigenvalue weighted by Gasteiger charge is -2.37. The summed E-state index contributed by atoms with van der Waals surface area (Å²) in [5.41, 5.74) is 3.63. The van der Waals surface area contributed by atoms with Gasteiger partial charge in [0, 0.05) is 39.2 Å². The summed E-state index contributed by atoms with van der Waals surface area (Å²) in [7, 11) is 2.11. The maximum absolute atomic E-state index is 12.8. The summed E-state index contributed by atoms with van der Waals surface area (Å²) in [5, 5.41) is 0. The monoisotopic (exact) mass is 333 g/mol. The quantitative estimate of drug-likeness (QED) is 0.829. The molecule has 2 aliphatic heterocycles. The van der Waals surface area contributed by atoms with Gasteiger partial charge in [0.1, 0.15) is 6.04 Å². The molecule has 6 nitrogen and oxygen atoms in total. The van der Waals surface area contributed by atoms with E-state index in [-0.39, 0.29) is 18.2 Å². The minimum Gasteiger partial charge on any atom is -0.350 e. The van der Waals surface area contributed by atoms with Crippen LogP contribution < -0.4 is 5.48 Å². The maximum atomic E-state index is 12.8. The second-order valence-corrected chi connectivity index (χ2v) is 6.53. The van der Waals surface area contributed by atoms with Crippen molar-refractivity contribution < 1.29 is 14.4 Å². The number of nitrogens with one attached hydrogen (secondary N) is 1. The molecule has 2 saturated heterocycles. The van der Waals surface area contributed by atoms with Crippen molar-refractivity contribution in [1.82, 2.24) is 15.3 Å². The van der Waals surface area contributed by atoms with Crippen molar-refractivity contribution >= 4 is 5.91 Å². The SMILES string of the molecule is CN1CCN([C@@H](C(=O)NO[C@H]2CCCCO2)c2ccccc2)CC1. The molecule has 2 atom stereocenters. The number of ether oxygens (including phenoxy) is 1. The molecule has 2 fully saturated rings. The molecule has 24 heavy (non-hydrogen) atoms. The number of amides is 1. The van der Waals surface area contributed by atoms with Crippen molar-refractivity contribution in [3.63, 3.8) is 0 Å². The topological polar surface area (TPSA) is 54.0 Å². The molecule has 0 radical (unpaired) electrons. The fraction of sp³-hybridized carbons (Fsp3) is 0.611. The van der Waals surface area contributed by atoms with Crippen LogP contribution >= 0.6 is 0 Å². The third-order valence-corrected chi connectivity index (χ3v) is 4.70. The zero-order valence-corrected chi connectivity index (χ0v) is 14.3. The molecule has 1 aromatic carbocycles. The highest BCUT2D eigenvalue weighted by molar-refractivity contribution is 5.82. The number of carbonyl (C=O) groups is 1. The summed E-state index contributed by atoms with van der Waals surface area (Å²) < 4.78 is 5.52. The predicted octanol–water partition coefficient (Wildman–Crippen LogP) is 1.55. The Bertz CT molecular complexity index is 512. The van der Waals surface area contributed by atoms with E-state index >= 15 is 0 Å². The molecule has 132 valence electrons. The molecule has 0 unspecified atom stereocenters. The molecular weight excluding hydrogens is 306 g/mol. The lowest BCUT2D eigenvalue weighted by atomic mass is 10.0. The van der Waals surface area contributed by atoms with Crippen LogP contribution in [0.4, 0.5) is 0 Å². The highest BCUT2D eigenvalue weighted by Crippen LogP contribution is 2.23. The lowest BCUT2D eigenvalue weighted by molar-refractivity contribution is -0.202. The molecule has 1 N–H and O–H groups in total. The number of hydrogen-bond acceptors (Lipinski definition) is 5. The van der Waals surface area contributed by atoms with Crippen molar-refractivity contribution in [2.24, 2.45) is 0 Å². The summed E-state index contributed by atoms with van der Waals surface area (Å²) in [5.74, 6) is -0.125. The molecule has 2 heterocycles. The van der Waals surface area contributed by atoms with E-state index in [4.69, 9.17) is 9.57 Å². The van der Waals surface area contributed by atoms with Gasteiger partial charge in [0.2, 0.25) is 0 Å². The van der Waals surface area contributed by atoms with E-state index in [0.29, 0.717) is 6.61 Å². The van der Waals surface area contributed by atoms with Crippen LogP contribution in [0.2, 0.25) is 0 Å². The van der Waals surface area contributed by atoms with E-state index in [0.717, 1.165) is 51.0 Å². The van der Waals surface area contributed by atoms with E-state index in [1.54, 1.807) is 0 Å². The Morgan fingerprint density at radius 1 is 1.21 bits per heavy atom. The number of hydrogen-bond donors (Lipinski definition) is 1. The Labute approximate surface area is 143 Å². The Morgan fingerprint density at radius 2 is 1.96 bits per heavy atom. The van der Waals surface area contributed by atoms with E-state index in [2.05, 4.69) is 22.3 Å². The van der Waals surface area contributed by atoms with Gasteiger partial charge in [-0.15, -0.1) is 0 Å². The van der Waals surface area contributed by atoms with Gasteiger partial charge in [-0.1, -0.05) is 30.3 Å². The summed E-state index contributed by atoms with van der Waals surface area (Å²) in [6.45, 7) is 4.35. The smallest absolute Gasteiger partial charge is 0.265 e. The van der Waals surface area contributed by atoms with E-state index in [1.165, 1.54) is 0 Å². The summed E-state index contributed by atoms with van der Waals surface area (Å²) in [4.78, 5) is 22.8. The average Bonchev–Trinajstić information content (AvgIpc) is 2.64. The van der Waals surface area contributed by atoms with Crippen molar-refractivity contribution in [3.05, 3.63) is 35.9 Å². The first-order chi connectivity index (χ1) is 11.7. The molecular formula is C18H27N3O3. The fourth-order valence-corrected chi connectivity index (χ4v) is 3.23. The highest BCUT2D eigenvalue weighted by Gasteiger charge is 2.30. The molecule has 0 saturated carbocycles. The second kappa shape index (κ2) is 8.58. The zero-order chi connectivity index (χ0) is 16.8. The van der Waals surface area contributed by atoms with Crippen molar-refractivity contribution in [2.75, 3.05) is 39.8 Å². The summed E-state index contributed by atoms with van der Waals surface area (Å²) >= 11 is 0. The Kier molecular flexibility index (Phi) is 6.20. The molecule has 3 rings (SSSR count). The van der Waals surface area contributed by atoms with Crippen LogP contribution in [0, 0.1) is 0 Å². The van der Waals surface area contributed by atoms with E-state index in [1.807, 2.05) is 30.3 Å². The van der Waals surface area contributed by atoms with Gasteiger partial charge in [0.15, 0.2) is 6.29 Å². The van der Waals surface area contributed by atoms with Crippen LogP contribution in [-0.2, 0) is 14.4 Å². The van der Waals surface area contributed by atoms with Gasteiger partial charge in [0.25, 0.3) is 5.91 Å². The number of carbonyl (C=O) groups excluding carboxylic acids is 1. The third-order valence-electron chi connectivity index (χ3n) is 4.70. The highest BCUT2D eigenvalue weighted by atomic mass is 16.8. The molecule has 0 spiro atoms. The van der Waals surface area contributed by atoms with E-state index < -0.39 is 0 Å². The largest absolute Gasteiger partial charge is 0.350 e. The minimum absolute atomic E-state index is 0.125. The van der Waals surface area contributed by atoms with Crippen LogP contribution in [0.3, 0.4) is 0 Å². The molecule has 2 aliphatic rings. The molecule has 0 aliphatic carbocycles. The molecule has 6 heteroatoms. The number of rotatable bonds is 5. The Morgan fingerprint density at radius 3 is 2.62 bits per heavy atom. The second-order valence-electron chi connectivity index (χ2n) is 6.53. The van der Waals surface area contributed by atoms with Crippen molar-refractivity contribution in [2.45, 2.75) is 31.6 Å². The van der Waals surface area contributed by atoms with Crippen LogP contribution in [-0.4, -0.2) is 61.8 Å².